The SMILES string of the molecule is [B]c1c(OCc2ccc(F)cc2F)nc(C)n(C2=C(C)C=CC(C(=O)NCCCC(=O)N(C)C)C2C)c1=O. The van der Waals surface area contributed by atoms with E-state index in [1.165, 1.54) is 15.5 Å². The average Bonchev–Trinajstić information content (AvgIpc) is 2.85. The lowest BCUT2D eigenvalue weighted by Crippen LogP contribution is -2.42. The van der Waals surface area contributed by atoms with Crippen LogP contribution in [0.4, 0.5) is 8.78 Å². The van der Waals surface area contributed by atoms with Gasteiger partial charge in [-0.1, -0.05) is 19.1 Å². The van der Waals surface area contributed by atoms with E-state index in [4.69, 9.17) is 12.6 Å². The first-order valence-corrected chi connectivity index (χ1v) is 12.2. The van der Waals surface area contributed by atoms with Gasteiger partial charge in [-0.3, -0.25) is 19.0 Å². The van der Waals surface area contributed by atoms with Crippen molar-refractivity contribution in [2.75, 3.05) is 20.6 Å². The van der Waals surface area contributed by atoms with Gasteiger partial charge in [0.2, 0.25) is 17.7 Å². The van der Waals surface area contributed by atoms with Gasteiger partial charge in [-0.05, 0) is 38.0 Å². The van der Waals surface area contributed by atoms with Crippen molar-refractivity contribution in [3.05, 3.63) is 69.3 Å². The summed E-state index contributed by atoms with van der Waals surface area (Å²) in [6, 6.07) is 3.08. The second kappa shape index (κ2) is 12.2. The lowest BCUT2D eigenvalue weighted by molar-refractivity contribution is -0.129. The highest BCUT2D eigenvalue weighted by molar-refractivity contribution is 6.33. The van der Waals surface area contributed by atoms with E-state index >= 15 is 0 Å². The number of nitrogens with zero attached hydrogens (tertiary/aromatic N) is 3. The Hall–Kier alpha value is -3.76. The monoisotopic (exact) mass is 524 g/mol. The summed E-state index contributed by atoms with van der Waals surface area (Å²) in [6.07, 6.45) is 4.40. The molecule has 0 spiro atoms. The van der Waals surface area contributed by atoms with Gasteiger partial charge in [-0.25, -0.2) is 13.8 Å². The Morgan fingerprint density at radius 1 is 1.24 bits per heavy atom. The highest BCUT2D eigenvalue weighted by atomic mass is 19.1. The molecule has 1 heterocycles. The van der Waals surface area contributed by atoms with Gasteiger partial charge >= 0.3 is 0 Å². The van der Waals surface area contributed by atoms with Crippen molar-refractivity contribution in [3.8, 4) is 5.88 Å². The standard InChI is InChI=1S/C27H31BF2N4O4/c1-15-8-11-20(25(36)31-12-6-7-22(35)33(4)5)16(2)24(15)34-17(3)32-26(23(28)27(34)37)38-14-18-9-10-19(29)13-21(18)30/h8-11,13,16,20H,6-7,12,14H2,1-5H3,(H,31,36). The first-order chi connectivity index (χ1) is 17.9. The van der Waals surface area contributed by atoms with Crippen LogP contribution in [0.1, 0.15) is 38.1 Å². The molecule has 0 bridgehead atoms. The van der Waals surface area contributed by atoms with Crippen LogP contribution in [0, 0.1) is 30.4 Å². The number of hydrogen-bond acceptors (Lipinski definition) is 5. The maximum Gasteiger partial charge on any atom is 0.254 e. The fourth-order valence-electron chi connectivity index (χ4n) is 4.31. The summed E-state index contributed by atoms with van der Waals surface area (Å²) >= 11 is 0. The molecule has 0 fully saturated rings. The average molecular weight is 524 g/mol. The number of carbonyl (C=O) groups is 2. The Morgan fingerprint density at radius 3 is 2.61 bits per heavy atom. The fourth-order valence-corrected chi connectivity index (χ4v) is 4.31. The number of benzene rings is 1. The van der Waals surface area contributed by atoms with E-state index in [-0.39, 0.29) is 47.1 Å². The molecule has 2 atom stereocenters. The summed E-state index contributed by atoms with van der Waals surface area (Å²) in [6.45, 7) is 5.32. The van der Waals surface area contributed by atoms with Crippen LogP contribution in [0.2, 0.25) is 0 Å². The van der Waals surface area contributed by atoms with E-state index in [1.807, 2.05) is 13.8 Å². The minimum Gasteiger partial charge on any atom is -0.473 e. The first-order valence-electron chi connectivity index (χ1n) is 12.2. The van der Waals surface area contributed by atoms with E-state index in [9.17, 15) is 23.2 Å². The summed E-state index contributed by atoms with van der Waals surface area (Å²) in [5, 5.41) is 2.87. The molecule has 1 aromatic carbocycles. The van der Waals surface area contributed by atoms with Crippen molar-refractivity contribution < 1.29 is 23.1 Å². The van der Waals surface area contributed by atoms with Gasteiger partial charge in [-0.2, -0.15) is 0 Å². The molecule has 1 aliphatic rings. The number of ether oxygens (including phenoxy) is 1. The van der Waals surface area contributed by atoms with Crippen molar-refractivity contribution in [3.63, 3.8) is 0 Å². The number of carbonyl (C=O) groups excluding carboxylic acids is 2. The summed E-state index contributed by atoms with van der Waals surface area (Å²) in [5.74, 6) is -2.56. The van der Waals surface area contributed by atoms with Crippen LogP contribution in [0.25, 0.3) is 5.70 Å². The Kier molecular flexibility index (Phi) is 9.24. The molecule has 8 nitrogen and oxygen atoms in total. The fraction of sp³-hybridized carbons (Fsp3) is 0.407. The summed E-state index contributed by atoms with van der Waals surface area (Å²) < 4.78 is 34.0. The van der Waals surface area contributed by atoms with Gasteiger partial charge < -0.3 is 15.0 Å². The third-order valence-electron chi connectivity index (χ3n) is 6.47. The zero-order valence-electron chi connectivity index (χ0n) is 22.2. The van der Waals surface area contributed by atoms with Crippen LogP contribution in [0.15, 0.2) is 40.7 Å². The van der Waals surface area contributed by atoms with Gasteiger partial charge in [0.05, 0.1) is 5.92 Å². The largest absolute Gasteiger partial charge is 0.473 e. The normalized spacial score (nSPS) is 16.9. The predicted octanol–water partition coefficient (Wildman–Crippen LogP) is 2.24. The molecule has 2 radical (unpaired) electrons. The van der Waals surface area contributed by atoms with Crippen LogP contribution in [0.3, 0.4) is 0 Å². The molecule has 2 aromatic rings. The Morgan fingerprint density at radius 2 is 1.95 bits per heavy atom. The van der Waals surface area contributed by atoms with Crippen molar-refractivity contribution in [1.82, 2.24) is 19.8 Å². The lowest BCUT2D eigenvalue weighted by Gasteiger charge is -2.30. The van der Waals surface area contributed by atoms with Crippen molar-refractivity contribution in [2.24, 2.45) is 11.8 Å². The molecule has 0 aliphatic heterocycles. The van der Waals surface area contributed by atoms with Gasteiger partial charge in [-0.15, -0.1) is 0 Å². The minimum absolute atomic E-state index is 0.0128. The molecule has 2 amide bonds. The molecule has 1 aliphatic carbocycles. The van der Waals surface area contributed by atoms with Gasteiger partial charge in [0.15, 0.2) is 0 Å². The van der Waals surface area contributed by atoms with E-state index in [0.29, 0.717) is 25.1 Å². The Balaban J connectivity index is 1.78. The smallest absolute Gasteiger partial charge is 0.254 e. The van der Waals surface area contributed by atoms with Gasteiger partial charge in [0.25, 0.3) is 5.56 Å². The number of aromatic nitrogens is 2. The summed E-state index contributed by atoms with van der Waals surface area (Å²) in [7, 11) is 9.44. The number of halogens is 2. The number of amides is 2. The quantitative estimate of drug-likeness (QED) is 0.401. The molecule has 38 heavy (non-hydrogen) atoms. The van der Waals surface area contributed by atoms with Crippen LogP contribution in [-0.2, 0) is 16.2 Å². The van der Waals surface area contributed by atoms with Crippen molar-refractivity contribution in [2.45, 2.75) is 40.2 Å². The molecule has 1 aromatic heterocycles. The third-order valence-corrected chi connectivity index (χ3v) is 6.47. The molecule has 200 valence electrons. The molecular formula is C27H31BF2N4O4. The molecule has 2 unspecified atom stereocenters. The Labute approximate surface area is 221 Å². The maximum absolute atomic E-state index is 14.0. The number of allylic oxidation sites excluding steroid dienone is 3. The number of nitrogens with one attached hydrogen (secondary N) is 1. The third kappa shape index (κ3) is 6.38. The molecule has 0 saturated heterocycles. The molecule has 1 N–H and O–H groups in total. The molecule has 3 rings (SSSR count). The zero-order valence-corrected chi connectivity index (χ0v) is 22.2. The van der Waals surface area contributed by atoms with E-state index in [0.717, 1.165) is 17.7 Å². The van der Waals surface area contributed by atoms with Gasteiger partial charge in [0, 0.05) is 55.8 Å². The van der Waals surface area contributed by atoms with Crippen molar-refractivity contribution in [1.29, 1.82) is 0 Å². The summed E-state index contributed by atoms with van der Waals surface area (Å²) in [5.41, 5.74) is 0.579. The first kappa shape index (κ1) is 28.8. The van der Waals surface area contributed by atoms with Crippen LogP contribution in [-0.4, -0.2) is 54.8 Å². The van der Waals surface area contributed by atoms with E-state index < -0.39 is 23.1 Å². The number of hydrogen-bond donors (Lipinski definition) is 1. The predicted molar refractivity (Wildman–Crippen MR) is 141 cm³/mol. The molecule has 0 saturated carbocycles. The van der Waals surface area contributed by atoms with Gasteiger partial charge in [0.1, 0.15) is 31.9 Å². The minimum atomic E-state index is -0.786. The molecular weight excluding hydrogens is 493 g/mol. The topological polar surface area (TPSA) is 93.5 Å². The highest BCUT2D eigenvalue weighted by Gasteiger charge is 2.31. The highest BCUT2D eigenvalue weighted by Crippen LogP contribution is 2.33. The number of aryl methyl sites for hydroxylation is 1. The Bertz CT molecular complexity index is 1350. The zero-order chi connectivity index (χ0) is 28.1. The lowest BCUT2D eigenvalue weighted by atomic mass is 9.83. The molecule has 11 heteroatoms. The second-order valence-corrected chi connectivity index (χ2v) is 9.47. The second-order valence-electron chi connectivity index (χ2n) is 9.47. The van der Waals surface area contributed by atoms with Crippen LogP contribution in [0.5, 0.6) is 5.88 Å². The van der Waals surface area contributed by atoms with Crippen molar-refractivity contribution >= 4 is 30.8 Å². The van der Waals surface area contributed by atoms with Crippen LogP contribution < -0.4 is 21.1 Å². The van der Waals surface area contributed by atoms with E-state index in [1.54, 1.807) is 33.2 Å². The maximum atomic E-state index is 14.0. The van der Waals surface area contributed by atoms with E-state index in [2.05, 4.69) is 10.3 Å². The van der Waals surface area contributed by atoms with Crippen LogP contribution >= 0.6 is 0 Å². The number of rotatable bonds is 9. The summed E-state index contributed by atoms with van der Waals surface area (Å²) in [4.78, 5) is 43.8.